The zero-order valence-electron chi connectivity index (χ0n) is 7.10. The van der Waals surface area contributed by atoms with E-state index in [2.05, 4.69) is 5.10 Å². The van der Waals surface area contributed by atoms with E-state index in [4.69, 9.17) is 17.3 Å². The van der Waals surface area contributed by atoms with Gasteiger partial charge in [0.25, 0.3) is 0 Å². The van der Waals surface area contributed by atoms with Gasteiger partial charge in [0, 0.05) is 14.1 Å². The number of nitrogen functional groups attached to an aromatic ring is 1. The predicted molar refractivity (Wildman–Crippen MR) is 49.7 cm³/mol. The molecule has 0 fully saturated rings. The van der Waals surface area contributed by atoms with Crippen LogP contribution in [0.25, 0.3) is 0 Å². The molecule has 1 aromatic rings. The van der Waals surface area contributed by atoms with E-state index in [1.54, 1.807) is 0 Å². The molecule has 1 rings (SSSR count). The van der Waals surface area contributed by atoms with E-state index in [-0.39, 0.29) is 10.8 Å². The number of nitrogens with two attached hydrogens (primary N) is 1. The van der Waals surface area contributed by atoms with Gasteiger partial charge < -0.3 is 5.73 Å². The Bertz CT molecular complexity index is 391. The zero-order chi connectivity index (χ0) is 10.2. The second-order valence-corrected chi connectivity index (χ2v) is 4.93. The maximum Gasteiger partial charge on any atom is 0.322 e. The minimum Gasteiger partial charge on any atom is -0.381 e. The van der Waals surface area contributed by atoms with E-state index in [1.165, 1.54) is 14.1 Å². The van der Waals surface area contributed by atoms with Crippen molar-refractivity contribution in [2.24, 2.45) is 0 Å². The van der Waals surface area contributed by atoms with Crippen LogP contribution >= 0.6 is 11.6 Å². The van der Waals surface area contributed by atoms with Gasteiger partial charge in [0.2, 0.25) is 0 Å². The average molecular weight is 225 g/mol. The summed E-state index contributed by atoms with van der Waals surface area (Å²) in [4.78, 5) is 0. The lowest BCUT2D eigenvalue weighted by Gasteiger charge is -2.09. The Balaban J connectivity index is 3.24. The molecule has 0 radical (unpaired) electrons. The molecule has 0 amide bonds. The highest BCUT2D eigenvalue weighted by Crippen LogP contribution is 2.16. The molecular formula is C5H9ClN4O2S. The predicted octanol–water partition coefficient (Wildman–Crippen LogP) is -0.227. The van der Waals surface area contributed by atoms with E-state index in [1.807, 2.05) is 0 Å². The van der Waals surface area contributed by atoms with Gasteiger partial charge in [-0.2, -0.15) is 12.7 Å². The number of anilines is 1. The molecule has 0 aliphatic rings. The summed E-state index contributed by atoms with van der Waals surface area (Å²) in [5.74, 6) is -0.00732. The SMILES string of the molecule is CN(C)S(=O)(=O)n1cc(Cl)c(N)n1. The number of halogens is 1. The first kappa shape index (κ1) is 10.3. The van der Waals surface area contributed by atoms with Crippen molar-refractivity contribution in [3.63, 3.8) is 0 Å². The standard InChI is InChI=1S/C5H9ClN4O2S/c1-9(2)13(11,12)10-3-4(6)5(7)8-10/h3H,1-2H3,(H2,7,8). The zero-order valence-corrected chi connectivity index (χ0v) is 8.67. The molecule has 0 saturated heterocycles. The van der Waals surface area contributed by atoms with Crippen LogP contribution in [0.3, 0.4) is 0 Å². The molecule has 2 N–H and O–H groups in total. The number of rotatable bonds is 2. The molecule has 0 aromatic carbocycles. The van der Waals surface area contributed by atoms with Gasteiger partial charge in [-0.3, -0.25) is 0 Å². The third-order valence-electron chi connectivity index (χ3n) is 1.37. The molecule has 6 nitrogen and oxygen atoms in total. The number of aromatic nitrogens is 2. The minimum absolute atomic E-state index is 0.00732. The van der Waals surface area contributed by atoms with E-state index in [9.17, 15) is 8.42 Å². The number of hydrogen-bond acceptors (Lipinski definition) is 4. The Morgan fingerprint density at radius 3 is 2.46 bits per heavy atom. The van der Waals surface area contributed by atoms with Crippen molar-refractivity contribution in [2.75, 3.05) is 19.8 Å². The monoisotopic (exact) mass is 224 g/mol. The van der Waals surface area contributed by atoms with Gasteiger partial charge in [0.1, 0.15) is 5.02 Å². The van der Waals surface area contributed by atoms with Gasteiger partial charge in [-0.05, 0) is 0 Å². The maximum atomic E-state index is 11.4. The smallest absolute Gasteiger partial charge is 0.322 e. The lowest BCUT2D eigenvalue weighted by Crippen LogP contribution is -2.29. The molecule has 0 atom stereocenters. The summed E-state index contributed by atoms with van der Waals surface area (Å²) in [7, 11) is -0.824. The van der Waals surface area contributed by atoms with Crippen molar-refractivity contribution in [3.8, 4) is 0 Å². The molecule has 0 spiro atoms. The van der Waals surface area contributed by atoms with Gasteiger partial charge in [-0.1, -0.05) is 11.6 Å². The first-order valence-electron chi connectivity index (χ1n) is 3.29. The molecular weight excluding hydrogens is 216 g/mol. The van der Waals surface area contributed by atoms with Crippen LogP contribution in [0.15, 0.2) is 6.20 Å². The van der Waals surface area contributed by atoms with Gasteiger partial charge in [0.05, 0.1) is 6.20 Å². The van der Waals surface area contributed by atoms with Crippen molar-refractivity contribution in [1.82, 2.24) is 13.5 Å². The maximum absolute atomic E-state index is 11.4. The Labute approximate surface area is 81.1 Å². The van der Waals surface area contributed by atoms with Crippen LogP contribution in [0.5, 0.6) is 0 Å². The van der Waals surface area contributed by atoms with Crippen LogP contribution in [0.1, 0.15) is 0 Å². The summed E-state index contributed by atoms with van der Waals surface area (Å²) in [6.07, 6.45) is 1.15. The minimum atomic E-state index is -3.60. The van der Waals surface area contributed by atoms with Gasteiger partial charge in [-0.15, -0.1) is 9.19 Å². The van der Waals surface area contributed by atoms with Crippen molar-refractivity contribution >= 4 is 27.6 Å². The summed E-state index contributed by atoms with van der Waals surface area (Å²) in [6.45, 7) is 0. The molecule has 1 aromatic heterocycles. The Morgan fingerprint density at radius 1 is 1.62 bits per heavy atom. The van der Waals surface area contributed by atoms with Crippen LogP contribution in [-0.4, -0.2) is 36.0 Å². The third kappa shape index (κ3) is 1.77. The topological polar surface area (TPSA) is 81.2 Å². The lowest BCUT2D eigenvalue weighted by atomic mass is 10.7. The molecule has 13 heavy (non-hydrogen) atoms. The Morgan fingerprint density at radius 2 is 2.15 bits per heavy atom. The van der Waals surface area contributed by atoms with Crippen LogP contribution < -0.4 is 5.73 Å². The normalized spacial score (nSPS) is 12.3. The molecule has 0 aliphatic heterocycles. The summed E-state index contributed by atoms with van der Waals surface area (Å²) >= 11 is 5.55. The van der Waals surface area contributed by atoms with Crippen LogP contribution in [0.2, 0.25) is 5.02 Å². The highest BCUT2D eigenvalue weighted by Gasteiger charge is 2.18. The van der Waals surface area contributed by atoms with Crippen LogP contribution in [0, 0.1) is 0 Å². The fourth-order valence-electron chi connectivity index (χ4n) is 0.631. The number of nitrogens with zero attached hydrogens (tertiary/aromatic N) is 3. The van der Waals surface area contributed by atoms with Crippen molar-refractivity contribution in [3.05, 3.63) is 11.2 Å². The van der Waals surface area contributed by atoms with Gasteiger partial charge in [-0.25, -0.2) is 0 Å². The van der Waals surface area contributed by atoms with Crippen LogP contribution in [0.4, 0.5) is 5.82 Å². The summed E-state index contributed by atoms with van der Waals surface area (Å²) in [5, 5.41) is 3.65. The largest absolute Gasteiger partial charge is 0.381 e. The summed E-state index contributed by atoms with van der Waals surface area (Å²) < 4.78 is 24.6. The quantitative estimate of drug-likeness (QED) is 0.753. The average Bonchev–Trinajstić information content (AvgIpc) is 2.32. The lowest BCUT2D eigenvalue weighted by molar-refractivity contribution is 0.504. The highest BCUT2D eigenvalue weighted by molar-refractivity contribution is 7.87. The molecule has 1 heterocycles. The van der Waals surface area contributed by atoms with Gasteiger partial charge >= 0.3 is 10.2 Å². The van der Waals surface area contributed by atoms with E-state index >= 15 is 0 Å². The number of hydrogen-bond donors (Lipinski definition) is 1. The summed E-state index contributed by atoms with van der Waals surface area (Å²) in [6, 6.07) is 0. The molecule has 0 bridgehead atoms. The Kier molecular flexibility index (Phi) is 2.51. The van der Waals surface area contributed by atoms with Crippen molar-refractivity contribution in [1.29, 1.82) is 0 Å². The molecule has 74 valence electrons. The first-order chi connectivity index (χ1) is 5.85. The summed E-state index contributed by atoms with van der Waals surface area (Å²) in [5.41, 5.74) is 5.29. The first-order valence-corrected chi connectivity index (χ1v) is 5.07. The highest BCUT2D eigenvalue weighted by atomic mass is 35.5. The van der Waals surface area contributed by atoms with Gasteiger partial charge in [0.15, 0.2) is 5.82 Å². The molecule has 0 aliphatic carbocycles. The fraction of sp³-hybridized carbons (Fsp3) is 0.400. The molecule has 0 saturated carbocycles. The van der Waals surface area contributed by atoms with E-state index < -0.39 is 10.2 Å². The van der Waals surface area contributed by atoms with Crippen LogP contribution in [-0.2, 0) is 10.2 Å². The van der Waals surface area contributed by atoms with E-state index in [0.29, 0.717) is 0 Å². The van der Waals surface area contributed by atoms with E-state index in [0.717, 1.165) is 14.6 Å². The van der Waals surface area contributed by atoms with Crippen molar-refractivity contribution < 1.29 is 8.42 Å². The Hall–Kier alpha value is -0.790. The fourth-order valence-corrected chi connectivity index (χ4v) is 1.58. The second kappa shape index (κ2) is 3.17. The van der Waals surface area contributed by atoms with Crippen molar-refractivity contribution in [2.45, 2.75) is 0 Å². The second-order valence-electron chi connectivity index (χ2n) is 2.53. The third-order valence-corrected chi connectivity index (χ3v) is 3.25. The molecule has 0 unspecified atom stereocenters. The molecule has 8 heteroatoms.